The molecule has 6 heteroatoms. The Hall–Kier alpha value is -0.780. The Kier molecular flexibility index (Phi) is 4.64. The van der Waals surface area contributed by atoms with Crippen LogP contribution >= 0.6 is 11.6 Å². The SMILES string of the molecule is CCC(C)(CC)NS(=O)(=O)c1cc(Cl)ccc1N. The second kappa shape index (κ2) is 5.47. The summed E-state index contributed by atoms with van der Waals surface area (Å²) in [7, 11) is -3.65. The molecule has 0 unspecified atom stereocenters. The molecule has 0 aromatic heterocycles. The highest BCUT2D eigenvalue weighted by Crippen LogP contribution is 2.25. The highest BCUT2D eigenvalue weighted by molar-refractivity contribution is 7.89. The maximum Gasteiger partial charge on any atom is 0.243 e. The van der Waals surface area contributed by atoms with Gasteiger partial charge in [-0.1, -0.05) is 25.4 Å². The molecule has 4 nitrogen and oxygen atoms in total. The number of nitrogens with one attached hydrogen (secondary N) is 1. The number of hydrogen-bond acceptors (Lipinski definition) is 3. The van der Waals surface area contributed by atoms with E-state index in [0.717, 1.165) is 0 Å². The van der Waals surface area contributed by atoms with Crippen molar-refractivity contribution in [2.45, 2.75) is 44.0 Å². The predicted molar refractivity (Wildman–Crippen MR) is 75.2 cm³/mol. The van der Waals surface area contributed by atoms with Gasteiger partial charge in [-0.3, -0.25) is 0 Å². The standard InChI is InChI=1S/C12H19ClN2O2S/c1-4-12(3,5-2)15-18(16,17)11-8-9(13)6-7-10(11)14/h6-8,15H,4-5,14H2,1-3H3. The quantitative estimate of drug-likeness (QED) is 0.819. The van der Waals surface area contributed by atoms with Gasteiger partial charge in [-0.25, -0.2) is 13.1 Å². The Morgan fingerprint density at radius 2 is 1.89 bits per heavy atom. The van der Waals surface area contributed by atoms with Crippen molar-refractivity contribution in [2.75, 3.05) is 5.73 Å². The van der Waals surface area contributed by atoms with Gasteiger partial charge in [-0.2, -0.15) is 0 Å². The summed E-state index contributed by atoms with van der Waals surface area (Å²) >= 11 is 5.81. The molecule has 102 valence electrons. The van der Waals surface area contributed by atoms with Crippen molar-refractivity contribution in [1.29, 1.82) is 0 Å². The van der Waals surface area contributed by atoms with E-state index in [-0.39, 0.29) is 10.6 Å². The topological polar surface area (TPSA) is 72.2 Å². The fraction of sp³-hybridized carbons (Fsp3) is 0.500. The van der Waals surface area contributed by atoms with Gasteiger partial charge in [0.15, 0.2) is 0 Å². The minimum absolute atomic E-state index is 0.0307. The largest absolute Gasteiger partial charge is 0.398 e. The van der Waals surface area contributed by atoms with E-state index in [1.807, 2.05) is 20.8 Å². The second-order valence-corrected chi connectivity index (χ2v) is 6.64. The molecule has 0 aliphatic carbocycles. The van der Waals surface area contributed by atoms with Crippen LogP contribution in [0.25, 0.3) is 0 Å². The van der Waals surface area contributed by atoms with Crippen LogP contribution in [0.3, 0.4) is 0 Å². The average Bonchev–Trinajstić information content (AvgIpc) is 2.31. The van der Waals surface area contributed by atoms with Crippen LogP contribution in [0, 0.1) is 0 Å². The van der Waals surface area contributed by atoms with Gasteiger partial charge in [0.2, 0.25) is 10.0 Å². The van der Waals surface area contributed by atoms with E-state index in [9.17, 15) is 8.42 Å². The minimum atomic E-state index is -3.65. The highest BCUT2D eigenvalue weighted by Gasteiger charge is 2.28. The van der Waals surface area contributed by atoms with Gasteiger partial charge in [0.1, 0.15) is 4.90 Å². The molecule has 1 rings (SSSR count). The molecular weight excluding hydrogens is 272 g/mol. The summed E-state index contributed by atoms with van der Waals surface area (Å²) in [6.45, 7) is 5.74. The molecule has 0 atom stereocenters. The number of hydrogen-bond donors (Lipinski definition) is 2. The summed E-state index contributed by atoms with van der Waals surface area (Å²) in [4.78, 5) is 0.0307. The minimum Gasteiger partial charge on any atom is -0.398 e. The first-order valence-corrected chi connectivity index (χ1v) is 7.69. The van der Waals surface area contributed by atoms with E-state index in [1.165, 1.54) is 12.1 Å². The van der Waals surface area contributed by atoms with Crippen LogP contribution in [-0.4, -0.2) is 14.0 Å². The lowest BCUT2D eigenvalue weighted by atomic mass is 9.98. The Balaban J connectivity index is 3.18. The van der Waals surface area contributed by atoms with Crippen molar-refractivity contribution in [3.8, 4) is 0 Å². The first kappa shape index (κ1) is 15.3. The fourth-order valence-corrected chi connectivity index (χ4v) is 3.46. The maximum absolute atomic E-state index is 12.3. The molecule has 0 fully saturated rings. The van der Waals surface area contributed by atoms with E-state index in [2.05, 4.69) is 4.72 Å². The summed E-state index contributed by atoms with van der Waals surface area (Å²) < 4.78 is 27.3. The van der Waals surface area contributed by atoms with Crippen LogP contribution < -0.4 is 10.5 Å². The summed E-state index contributed by atoms with van der Waals surface area (Å²) in [5.74, 6) is 0. The van der Waals surface area contributed by atoms with Crippen molar-refractivity contribution in [2.24, 2.45) is 0 Å². The Morgan fingerprint density at radius 1 is 1.33 bits per heavy atom. The van der Waals surface area contributed by atoms with E-state index in [1.54, 1.807) is 6.07 Å². The Labute approximate surface area is 114 Å². The van der Waals surface area contributed by atoms with E-state index in [0.29, 0.717) is 17.9 Å². The van der Waals surface area contributed by atoms with E-state index < -0.39 is 15.6 Å². The smallest absolute Gasteiger partial charge is 0.243 e. The van der Waals surface area contributed by atoms with Gasteiger partial charge in [-0.05, 0) is 38.0 Å². The fourth-order valence-electron chi connectivity index (χ4n) is 1.51. The zero-order valence-corrected chi connectivity index (χ0v) is 12.4. The van der Waals surface area contributed by atoms with Gasteiger partial charge in [-0.15, -0.1) is 0 Å². The summed E-state index contributed by atoms with van der Waals surface area (Å²) in [5, 5.41) is 0.347. The van der Waals surface area contributed by atoms with Crippen molar-refractivity contribution >= 4 is 27.3 Å². The van der Waals surface area contributed by atoms with Gasteiger partial charge in [0, 0.05) is 10.6 Å². The molecule has 0 spiro atoms. The number of anilines is 1. The molecule has 0 aliphatic heterocycles. The second-order valence-electron chi connectivity index (χ2n) is 4.56. The lowest BCUT2D eigenvalue weighted by Gasteiger charge is -2.28. The predicted octanol–water partition coefficient (Wildman–Crippen LogP) is 2.78. The van der Waals surface area contributed by atoms with Crippen molar-refractivity contribution < 1.29 is 8.42 Å². The van der Waals surface area contributed by atoms with Crippen molar-refractivity contribution in [1.82, 2.24) is 4.72 Å². The number of sulfonamides is 1. The van der Waals surface area contributed by atoms with Crippen molar-refractivity contribution in [3.63, 3.8) is 0 Å². The number of benzene rings is 1. The van der Waals surface area contributed by atoms with Gasteiger partial charge >= 0.3 is 0 Å². The number of nitrogens with two attached hydrogens (primary N) is 1. The molecule has 1 aromatic rings. The van der Waals surface area contributed by atoms with Crippen molar-refractivity contribution in [3.05, 3.63) is 23.2 Å². The molecule has 0 radical (unpaired) electrons. The molecule has 0 saturated carbocycles. The van der Waals surface area contributed by atoms with Crippen LogP contribution in [0.1, 0.15) is 33.6 Å². The molecule has 1 aromatic carbocycles. The van der Waals surface area contributed by atoms with Crippen LogP contribution in [0.2, 0.25) is 5.02 Å². The molecular formula is C12H19ClN2O2S. The Bertz CT molecular complexity index is 525. The molecule has 0 saturated heterocycles. The van der Waals surface area contributed by atoms with E-state index >= 15 is 0 Å². The molecule has 0 heterocycles. The molecule has 0 bridgehead atoms. The molecule has 18 heavy (non-hydrogen) atoms. The number of nitrogen functional groups attached to an aromatic ring is 1. The summed E-state index contributed by atoms with van der Waals surface area (Å²) in [6, 6.07) is 4.42. The summed E-state index contributed by atoms with van der Waals surface area (Å²) in [5.41, 5.74) is 5.42. The third-order valence-corrected chi connectivity index (χ3v) is 5.14. The monoisotopic (exact) mass is 290 g/mol. The third-order valence-electron chi connectivity index (χ3n) is 3.21. The zero-order valence-electron chi connectivity index (χ0n) is 10.8. The number of rotatable bonds is 5. The van der Waals surface area contributed by atoms with Crippen LogP contribution in [0.4, 0.5) is 5.69 Å². The zero-order chi connectivity index (χ0) is 14.0. The molecule has 0 amide bonds. The van der Waals surface area contributed by atoms with Gasteiger partial charge in [0.05, 0.1) is 5.69 Å². The maximum atomic E-state index is 12.3. The lowest BCUT2D eigenvalue weighted by molar-refractivity contribution is 0.389. The first-order valence-electron chi connectivity index (χ1n) is 5.83. The third kappa shape index (κ3) is 3.37. The normalized spacial score (nSPS) is 12.7. The Morgan fingerprint density at radius 3 is 2.39 bits per heavy atom. The van der Waals surface area contributed by atoms with Crippen LogP contribution in [0.5, 0.6) is 0 Å². The average molecular weight is 291 g/mol. The highest BCUT2D eigenvalue weighted by atomic mass is 35.5. The number of halogens is 1. The van der Waals surface area contributed by atoms with Crippen LogP contribution in [0.15, 0.2) is 23.1 Å². The van der Waals surface area contributed by atoms with Crippen LogP contribution in [-0.2, 0) is 10.0 Å². The molecule has 3 N–H and O–H groups in total. The van der Waals surface area contributed by atoms with Gasteiger partial charge in [0.25, 0.3) is 0 Å². The molecule has 0 aliphatic rings. The summed E-state index contributed by atoms with van der Waals surface area (Å²) in [6.07, 6.45) is 1.40. The first-order chi connectivity index (χ1) is 8.24. The van der Waals surface area contributed by atoms with Gasteiger partial charge < -0.3 is 5.73 Å². The lowest BCUT2D eigenvalue weighted by Crippen LogP contribution is -2.44. The van der Waals surface area contributed by atoms with E-state index in [4.69, 9.17) is 17.3 Å².